The lowest BCUT2D eigenvalue weighted by Crippen LogP contribution is -2.28. The number of hydrogen-bond donors (Lipinski definition) is 2. The van der Waals surface area contributed by atoms with Crippen molar-refractivity contribution in [3.05, 3.63) is 59.7 Å². The van der Waals surface area contributed by atoms with Crippen LogP contribution in [0.15, 0.2) is 53.6 Å². The molecule has 2 aromatic carbocycles. The SMILES string of the molecule is COc1ccc(C(=O)NN=C(C)CC(=O)NCCc2ccccc2)cc1OC. The van der Waals surface area contributed by atoms with Crippen molar-refractivity contribution in [2.75, 3.05) is 20.8 Å². The lowest BCUT2D eigenvalue weighted by Gasteiger charge is -2.09. The van der Waals surface area contributed by atoms with Crippen LogP contribution in [-0.2, 0) is 11.2 Å². The molecule has 0 aromatic heterocycles. The van der Waals surface area contributed by atoms with Crippen molar-refractivity contribution in [2.24, 2.45) is 5.10 Å². The predicted octanol–water partition coefficient (Wildman–Crippen LogP) is 2.56. The third-order valence-corrected chi connectivity index (χ3v) is 3.99. The van der Waals surface area contributed by atoms with Crippen LogP contribution in [0.4, 0.5) is 0 Å². The molecule has 2 N–H and O–H groups in total. The van der Waals surface area contributed by atoms with Crippen LogP contribution in [0, 0.1) is 0 Å². The predicted molar refractivity (Wildman–Crippen MR) is 108 cm³/mol. The van der Waals surface area contributed by atoms with E-state index in [1.807, 2.05) is 30.3 Å². The number of ether oxygens (including phenoxy) is 2. The molecule has 0 bridgehead atoms. The molecule has 0 aliphatic rings. The van der Waals surface area contributed by atoms with E-state index >= 15 is 0 Å². The normalized spacial score (nSPS) is 10.9. The van der Waals surface area contributed by atoms with Crippen LogP contribution in [0.25, 0.3) is 0 Å². The van der Waals surface area contributed by atoms with Crippen LogP contribution in [-0.4, -0.2) is 38.3 Å². The zero-order valence-electron chi connectivity index (χ0n) is 16.3. The van der Waals surface area contributed by atoms with Gasteiger partial charge in [-0.3, -0.25) is 9.59 Å². The Morgan fingerprint density at radius 2 is 1.71 bits per heavy atom. The number of nitrogens with zero attached hydrogens (tertiary/aromatic N) is 1. The summed E-state index contributed by atoms with van der Waals surface area (Å²) in [7, 11) is 3.02. The number of hydrazone groups is 1. The second kappa shape index (κ2) is 10.7. The van der Waals surface area contributed by atoms with E-state index in [9.17, 15) is 9.59 Å². The van der Waals surface area contributed by atoms with Crippen LogP contribution < -0.4 is 20.2 Å². The van der Waals surface area contributed by atoms with Gasteiger partial charge in [0.15, 0.2) is 11.5 Å². The van der Waals surface area contributed by atoms with E-state index < -0.39 is 5.91 Å². The smallest absolute Gasteiger partial charge is 0.271 e. The van der Waals surface area contributed by atoms with Gasteiger partial charge in [0.1, 0.15) is 0 Å². The fraction of sp³-hybridized carbons (Fsp3) is 0.286. The van der Waals surface area contributed by atoms with Crippen LogP contribution in [0.3, 0.4) is 0 Å². The third-order valence-electron chi connectivity index (χ3n) is 3.99. The molecule has 7 heteroatoms. The highest BCUT2D eigenvalue weighted by Crippen LogP contribution is 2.27. The minimum Gasteiger partial charge on any atom is -0.493 e. The molecular weight excluding hydrogens is 358 g/mol. The van der Waals surface area contributed by atoms with Gasteiger partial charge in [-0.1, -0.05) is 30.3 Å². The van der Waals surface area contributed by atoms with Crippen LogP contribution >= 0.6 is 0 Å². The quantitative estimate of drug-likeness (QED) is 0.514. The molecule has 2 rings (SSSR count). The largest absolute Gasteiger partial charge is 0.493 e. The summed E-state index contributed by atoms with van der Waals surface area (Å²) in [4.78, 5) is 24.2. The standard InChI is InChI=1S/C21H25N3O4/c1-15(13-20(25)22-12-11-16-7-5-4-6-8-16)23-24-21(26)17-9-10-18(27-2)19(14-17)28-3/h4-10,14H,11-13H2,1-3H3,(H,22,25)(H,24,26). The number of methoxy groups -OCH3 is 2. The van der Waals surface area contributed by atoms with Gasteiger partial charge in [0.2, 0.25) is 5.91 Å². The zero-order valence-corrected chi connectivity index (χ0v) is 16.3. The summed E-state index contributed by atoms with van der Waals surface area (Å²) in [5.41, 5.74) is 4.49. The molecule has 28 heavy (non-hydrogen) atoms. The van der Waals surface area contributed by atoms with Crippen molar-refractivity contribution in [1.82, 2.24) is 10.7 Å². The first kappa shape index (κ1) is 21.0. The van der Waals surface area contributed by atoms with E-state index in [4.69, 9.17) is 9.47 Å². The number of rotatable bonds is 9. The highest BCUT2D eigenvalue weighted by molar-refractivity contribution is 6.01. The lowest BCUT2D eigenvalue weighted by molar-refractivity contribution is -0.119. The number of benzene rings is 2. The van der Waals surface area contributed by atoms with E-state index in [-0.39, 0.29) is 12.3 Å². The van der Waals surface area contributed by atoms with Gasteiger partial charge in [0, 0.05) is 17.8 Å². The summed E-state index contributed by atoms with van der Waals surface area (Å²) in [6.45, 7) is 2.24. The summed E-state index contributed by atoms with van der Waals surface area (Å²) in [5, 5.41) is 6.84. The number of nitrogens with one attached hydrogen (secondary N) is 2. The van der Waals surface area contributed by atoms with Gasteiger partial charge >= 0.3 is 0 Å². The monoisotopic (exact) mass is 383 g/mol. The Hall–Kier alpha value is -3.35. The maximum Gasteiger partial charge on any atom is 0.271 e. The number of amides is 2. The average molecular weight is 383 g/mol. The maximum atomic E-state index is 12.2. The Morgan fingerprint density at radius 3 is 2.39 bits per heavy atom. The van der Waals surface area contributed by atoms with Gasteiger partial charge in [0.25, 0.3) is 5.91 Å². The summed E-state index contributed by atoms with van der Waals surface area (Å²) in [6.07, 6.45) is 0.875. The van der Waals surface area contributed by atoms with E-state index in [0.717, 1.165) is 12.0 Å². The fourth-order valence-electron chi connectivity index (χ4n) is 2.51. The summed E-state index contributed by atoms with van der Waals surface area (Å²) in [6, 6.07) is 14.7. The van der Waals surface area contributed by atoms with Gasteiger partial charge in [-0.25, -0.2) is 5.43 Å². The number of hydrogen-bond acceptors (Lipinski definition) is 5. The van der Waals surface area contributed by atoms with E-state index in [0.29, 0.717) is 29.3 Å². The molecule has 7 nitrogen and oxygen atoms in total. The second-order valence-corrected chi connectivity index (χ2v) is 6.12. The molecule has 0 saturated heterocycles. The molecule has 0 aliphatic heterocycles. The van der Waals surface area contributed by atoms with E-state index in [2.05, 4.69) is 15.8 Å². The highest BCUT2D eigenvalue weighted by atomic mass is 16.5. The van der Waals surface area contributed by atoms with Gasteiger partial charge in [-0.15, -0.1) is 0 Å². The highest BCUT2D eigenvalue weighted by Gasteiger charge is 2.11. The Morgan fingerprint density at radius 1 is 1.00 bits per heavy atom. The molecule has 0 radical (unpaired) electrons. The van der Waals surface area contributed by atoms with Crippen molar-refractivity contribution in [2.45, 2.75) is 19.8 Å². The van der Waals surface area contributed by atoms with Crippen molar-refractivity contribution in [1.29, 1.82) is 0 Å². The zero-order chi connectivity index (χ0) is 20.4. The van der Waals surface area contributed by atoms with Crippen LogP contribution in [0.5, 0.6) is 11.5 Å². The minimum absolute atomic E-state index is 0.112. The van der Waals surface area contributed by atoms with E-state index in [1.165, 1.54) is 14.2 Å². The van der Waals surface area contributed by atoms with Gasteiger partial charge in [0.05, 0.1) is 20.6 Å². The van der Waals surface area contributed by atoms with Crippen LogP contribution in [0.2, 0.25) is 0 Å². The Balaban J connectivity index is 1.81. The lowest BCUT2D eigenvalue weighted by atomic mass is 10.1. The molecule has 148 valence electrons. The fourth-order valence-corrected chi connectivity index (χ4v) is 2.51. The number of carbonyl (C=O) groups excluding carboxylic acids is 2. The van der Waals surface area contributed by atoms with Crippen molar-refractivity contribution < 1.29 is 19.1 Å². The van der Waals surface area contributed by atoms with Crippen molar-refractivity contribution in [3.63, 3.8) is 0 Å². The molecule has 0 spiro atoms. The Bertz CT molecular complexity index is 835. The minimum atomic E-state index is -0.398. The molecule has 0 saturated carbocycles. The second-order valence-electron chi connectivity index (χ2n) is 6.12. The maximum absolute atomic E-state index is 12.2. The topological polar surface area (TPSA) is 89.0 Å². The molecular formula is C21H25N3O4. The molecule has 0 aliphatic carbocycles. The summed E-state index contributed by atoms with van der Waals surface area (Å²) >= 11 is 0. The first-order chi connectivity index (χ1) is 13.5. The van der Waals surface area contributed by atoms with Crippen LogP contribution in [0.1, 0.15) is 29.3 Å². The summed E-state index contributed by atoms with van der Waals surface area (Å²) in [5.74, 6) is 0.446. The Labute approximate surface area is 164 Å². The third kappa shape index (κ3) is 6.42. The van der Waals surface area contributed by atoms with Crippen molar-refractivity contribution >= 4 is 17.5 Å². The van der Waals surface area contributed by atoms with Gasteiger partial charge in [-0.05, 0) is 37.1 Å². The molecule has 0 atom stereocenters. The van der Waals surface area contributed by atoms with E-state index in [1.54, 1.807) is 25.1 Å². The van der Waals surface area contributed by atoms with Gasteiger partial charge in [-0.2, -0.15) is 5.10 Å². The van der Waals surface area contributed by atoms with Crippen molar-refractivity contribution in [3.8, 4) is 11.5 Å². The molecule has 2 amide bonds. The summed E-state index contributed by atoms with van der Waals surface area (Å²) < 4.78 is 10.3. The molecule has 0 unspecified atom stereocenters. The molecule has 2 aromatic rings. The Kier molecular flexibility index (Phi) is 8.02. The first-order valence-electron chi connectivity index (χ1n) is 8.89. The molecule has 0 heterocycles. The average Bonchev–Trinajstić information content (AvgIpc) is 2.72. The first-order valence-corrected chi connectivity index (χ1v) is 8.89. The molecule has 0 fully saturated rings. The number of carbonyl (C=O) groups is 2. The van der Waals surface area contributed by atoms with Gasteiger partial charge < -0.3 is 14.8 Å².